The van der Waals surface area contributed by atoms with E-state index >= 15 is 0 Å². The quantitative estimate of drug-likeness (QED) is 0.581. The molecule has 0 bridgehead atoms. The monoisotopic (exact) mass is 171 g/mol. The fraction of sp³-hybridized carbons (Fsp3) is 0.889. The molecule has 1 fully saturated rings. The number of hydrogen-bond donors (Lipinski definition) is 0. The van der Waals surface area contributed by atoms with Crippen molar-refractivity contribution in [2.45, 2.75) is 19.8 Å². The molecule has 1 aliphatic heterocycles. The summed E-state index contributed by atoms with van der Waals surface area (Å²) in [5.74, 6) is 0.386. The van der Waals surface area contributed by atoms with Gasteiger partial charge in [-0.25, -0.2) is 4.59 Å². The van der Waals surface area contributed by atoms with Gasteiger partial charge in [0.15, 0.2) is 5.78 Å². The molecule has 0 radical (unpaired) electrons. The first-order chi connectivity index (χ1) is 5.56. The highest BCUT2D eigenvalue weighted by Gasteiger charge is 2.31. The summed E-state index contributed by atoms with van der Waals surface area (Å²) in [7, 11) is 4.34. The van der Waals surface area contributed by atoms with Gasteiger partial charge in [-0.3, -0.25) is 4.79 Å². The number of Topliss-reactive ketones (excluding diaryl/α,β-unsaturated/α-hetero) is 1. The fourth-order valence-corrected chi connectivity index (χ4v) is 1.77. The topological polar surface area (TPSA) is 20.3 Å². The summed E-state index contributed by atoms with van der Waals surface area (Å²) in [4.78, 5) is 11.1. The summed E-state index contributed by atoms with van der Waals surface area (Å²) < 4.78 is 0.863. The molecule has 1 heterocycles. The summed E-state index contributed by atoms with van der Waals surface area (Å²) in [5, 5.41) is 2.24. The summed E-state index contributed by atoms with van der Waals surface area (Å²) in [6.45, 7) is 4.88. The number of hydrogen-bond acceptors (Lipinski definition) is 2. The molecule has 0 atom stereocenters. The Labute approximate surface area is 74.5 Å². The predicted molar refractivity (Wildman–Crippen MR) is 48.5 cm³/mol. The highest BCUT2D eigenvalue weighted by atomic mass is 16.1. The molecule has 0 saturated carbocycles. The van der Waals surface area contributed by atoms with Gasteiger partial charge in [-0.2, -0.15) is 0 Å². The maximum Gasteiger partial charge on any atom is 0.153 e. The van der Waals surface area contributed by atoms with Crippen molar-refractivity contribution in [2.75, 3.05) is 33.7 Å². The zero-order valence-corrected chi connectivity index (χ0v) is 8.34. The highest BCUT2D eigenvalue weighted by Crippen LogP contribution is 2.13. The first-order valence-corrected chi connectivity index (χ1v) is 4.66. The van der Waals surface area contributed by atoms with Crippen LogP contribution in [0.5, 0.6) is 0 Å². The SMILES string of the molecule is CCC[N+](C)(C)N1CCC(=O)C1. The Hall–Kier alpha value is -0.410. The van der Waals surface area contributed by atoms with Crippen LogP contribution in [-0.4, -0.2) is 49.1 Å². The number of ketones is 1. The van der Waals surface area contributed by atoms with Crippen LogP contribution in [0.25, 0.3) is 0 Å². The zero-order chi connectivity index (χ0) is 9.19. The average Bonchev–Trinajstić information content (AvgIpc) is 2.36. The Morgan fingerprint density at radius 3 is 2.58 bits per heavy atom. The molecular weight excluding hydrogens is 152 g/mol. The highest BCUT2D eigenvalue weighted by molar-refractivity contribution is 5.82. The van der Waals surface area contributed by atoms with Crippen molar-refractivity contribution in [3.63, 3.8) is 0 Å². The van der Waals surface area contributed by atoms with Gasteiger partial charge in [0.1, 0.15) is 6.54 Å². The van der Waals surface area contributed by atoms with E-state index < -0.39 is 0 Å². The Morgan fingerprint density at radius 2 is 2.17 bits per heavy atom. The van der Waals surface area contributed by atoms with Crippen molar-refractivity contribution in [3.05, 3.63) is 0 Å². The van der Waals surface area contributed by atoms with Gasteiger partial charge in [-0.15, -0.1) is 5.01 Å². The Morgan fingerprint density at radius 1 is 1.50 bits per heavy atom. The van der Waals surface area contributed by atoms with Crippen molar-refractivity contribution in [2.24, 2.45) is 0 Å². The van der Waals surface area contributed by atoms with Crippen molar-refractivity contribution in [3.8, 4) is 0 Å². The summed E-state index contributed by atoms with van der Waals surface area (Å²) in [5.41, 5.74) is 0. The Bertz CT molecular complexity index is 177. The van der Waals surface area contributed by atoms with Crippen LogP contribution in [-0.2, 0) is 4.79 Å². The van der Waals surface area contributed by atoms with Crippen molar-refractivity contribution in [1.29, 1.82) is 0 Å². The third kappa shape index (κ3) is 2.05. The zero-order valence-electron chi connectivity index (χ0n) is 8.34. The average molecular weight is 171 g/mol. The maximum atomic E-state index is 11.1. The molecule has 0 aromatic carbocycles. The Balaban J connectivity index is 2.51. The molecule has 3 heteroatoms. The number of rotatable bonds is 3. The van der Waals surface area contributed by atoms with Gasteiger partial charge in [0.05, 0.1) is 27.2 Å². The third-order valence-electron chi connectivity index (χ3n) is 2.54. The maximum absolute atomic E-state index is 11.1. The van der Waals surface area contributed by atoms with Gasteiger partial charge in [0, 0.05) is 6.42 Å². The number of carbonyl (C=O) groups excluding carboxylic acids is 1. The second-order valence-corrected chi connectivity index (χ2v) is 4.02. The Kier molecular flexibility index (Phi) is 2.85. The van der Waals surface area contributed by atoms with Gasteiger partial charge in [-0.1, -0.05) is 6.92 Å². The molecule has 1 saturated heterocycles. The molecule has 70 valence electrons. The van der Waals surface area contributed by atoms with Crippen molar-refractivity contribution >= 4 is 5.78 Å². The minimum Gasteiger partial charge on any atom is -0.298 e. The smallest absolute Gasteiger partial charge is 0.153 e. The fourth-order valence-electron chi connectivity index (χ4n) is 1.77. The lowest BCUT2D eigenvalue weighted by atomic mass is 10.4. The van der Waals surface area contributed by atoms with Crippen LogP contribution >= 0.6 is 0 Å². The second-order valence-electron chi connectivity index (χ2n) is 4.02. The van der Waals surface area contributed by atoms with Crippen LogP contribution in [0.4, 0.5) is 0 Å². The number of nitrogens with zero attached hydrogens (tertiary/aromatic N) is 2. The van der Waals surface area contributed by atoms with E-state index in [9.17, 15) is 4.79 Å². The van der Waals surface area contributed by atoms with E-state index in [1.165, 1.54) is 0 Å². The van der Waals surface area contributed by atoms with Crippen LogP contribution < -0.4 is 0 Å². The van der Waals surface area contributed by atoms with E-state index in [0.717, 1.165) is 30.5 Å². The molecular formula is C9H19N2O+. The third-order valence-corrected chi connectivity index (χ3v) is 2.54. The molecule has 0 aromatic rings. The molecule has 12 heavy (non-hydrogen) atoms. The molecule has 3 nitrogen and oxygen atoms in total. The normalized spacial score (nSPS) is 20.4. The van der Waals surface area contributed by atoms with Crippen LogP contribution in [0, 0.1) is 0 Å². The minimum atomic E-state index is 0.386. The lowest BCUT2D eigenvalue weighted by molar-refractivity contribution is -1.00. The van der Waals surface area contributed by atoms with E-state index in [-0.39, 0.29) is 0 Å². The van der Waals surface area contributed by atoms with E-state index in [1.807, 2.05) is 0 Å². The van der Waals surface area contributed by atoms with E-state index in [0.29, 0.717) is 12.3 Å². The summed E-state index contributed by atoms with van der Waals surface area (Å²) in [6, 6.07) is 0. The first kappa shape index (κ1) is 9.68. The second kappa shape index (κ2) is 3.54. The molecule has 0 spiro atoms. The van der Waals surface area contributed by atoms with E-state index in [4.69, 9.17) is 0 Å². The van der Waals surface area contributed by atoms with Crippen LogP contribution in [0.15, 0.2) is 0 Å². The van der Waals surface area contributed by atoms with Crippen LogP contribution in [0.2, 0.25) is 0 Å². The molecule has 0 unspecified atom stereocenters. The molecule has 1 aliphatic rings. The summed E-state index contributed by atoms with van der Waals surface area (Å²) >= 11 is 0. The largest absolute Gasteiger partial charge is 0.298 e. The molecule has 1 rings (SSSR count). The van der Waals surface area contributed by atoms with Gasteiger partial charge in [0.25, 0.3) is 0 Å². The van der Waals surface area contributed by atoms with Crippen molar-refractivity contribution in [1.82, 2.24) is 5.01 Å². The van der Waals surface area contributed by atoms with Crippen LogP contribution in [0.1, 0.15) is 19.8 Å². The molecule has 0 N–H and O–H groups in total. The lowest BCUT2D eigenvalue weighted by Crippen LogP contribution is -2.53. The van der Waals surface area contributed by atoms with Crippen LogP contribution in [0.3, 0.4) is 0 Å². The van der Waals surface area contributed by atoms with E-state index in [2.05, 4.69) is 26.0 Å². The molecule has 0 amide bonds. The summed E-state index contributed by atoms with van der Waals surface area (Å²) in [6.07, 6.45) is 1.91. The number of quaternary nitrogens is 1. The van der Waals surface area contributed by atoms with Gasteiger partial charge in [-0.05, 0) is 6.42 Å². The molecule has 0 aromatic heterocycles. The number of carbonyl (C=O) groups is 1. The van der Waals surface area contributed by atoms with Gasteiger partial charge >= 0.3 is 0 Å². The van der Waals surface area contributed by atoms with E-state index in [1.54, 1.807) is 0 Å². The molecule has 0 aliphatic carbocycles. The lowest BCUT2D eigenvalue weighted by Gasteiger charge is -2.36. The van der Waals surface area contributed by atoms with Crippen molar-refractivity contribution < 1.29 is 9.39 Å². The first-order valence-electron chi connectivity index (χ1n) is 4.66. The standard InChI is InChI=1S/C9H19N2O/c1-4-7-11(2,3)10-6-5-9(12)8-10/h4-8H2,1-3H3/q+1. The van der Waals surface area contributed by atoms with Gasteiger partial charge < -0.3 is 0 Å². The predicted octanol–water partition coefficient (Wildman–Crippen LogP) is 0.663. The minimum absolute atomic E-state index is 0.386. The van der Waals surface area contributed by atoms with Gasteiger partial charge in [0.2, 0.25) is 0 Å².